The van der Waals surface area contributed by atoms with Gasteiger partial charge in [-0.2, -0.15) is 23.1 Å². The second kappa shape index (κ2) is 7.32. The number of morpholine rings is 1. The Kier molecular flexibility index (Phi) is 4.97. The van der Waals surface area contributed by atoms with Gasteiger partial charge in [0.1, 0.15) is 18.4 Å². The number of fused-ring (bicyclic) bond motifs is 1. The van der Waals surface area contributed by atoms with Gasteiger partial charge in [0.15, 0.2) is 5.82 Å². The first-order valence-corrected chi connectivity index (χ1v) is 9.33. The third-order valence-corrected chi connectivity index (χ3v) is 5.15. The number of aryl methyl sites for hydroxylation is 1. The van der Waals surface area contributed by atoms with Gasteiger partial charge >= 0.3 is 6.18 Å². The van der Waals surface area contributed by atoms with Crippen molar-refractivity contribution >= 4 is 11.8 Å². The quantitative estimate of drug-likeness (QED) is 0.747. The Morgan fingerprint density at radius 1 is 1.28 bits per heavy atom. The lowest BCUT2D eigenvalue weighted by Crippen LogP contribution is -2.52. The monoisotopic (exact) mass is 414 g/mol. The van der Waals surface area contributed by atoms with Crippen LogP contribution in [0.1, 0.15) is 25.1 Å². The summed E-state index contributed by atoms with van der Waals surface area (Å²) >= 11 is 0. The van der Waals surface area contributed by atoms with Crippen molar-refractivity contribution in [3.8, 4) is 0 Å². The van der Waals surface area contributed by atoms with E-state index in [-0.39, 0.29) is 37.4 Å². The molecule has 158 valence electrons. The van der Waals surface area contributed by atoms with Gasteiger partial charge in [-0.3, -0.25) is 9.36 Å². The molecule has 29 heavy (non-hydrogen) atoms. The molecule has 2 aliphatic heterocycles. The molecule has 0 bridgehead atoms. The first-order valence-electron chi connectivity index (χ1n) is 9.33. The largest absolute Gasteiger partial charge is 0.408 e. The molecule has 0 radical (unpaired) electrons. The van der Waals surface area contributed by atoms with Crippen molar-refractivity contribution in [2.75, 3.05) is 29.6 Å². The van der Waals surface area contributed by atoms with Gasteiger partial charge in [0.05, 0.1) is 19.3 Å². The molecule has 1 fully saturated rings. The molecule has 2 unspecified atom stereocenters. The van der Waals surface area contributed by atoms with E-state index in [9.17, 15) is 18.0 Å². The fourth-order valence-electron chi connectivity index (χ4n) is 3.74. The minimum absolute atomic E-state index is 0.0320. The Morgan fingerprint density at radius 3 is 2.72 bits per heavy atom. The van der Waals surface area contributed by atoms with Gasteiger partial charge in [0.25, 0.3) is 5.56 Å². The van der Waals surface area contributed by atoms with Crippen molar-refractivity contribution in [3.63, 3.8) is 0 Å². The molecule has 0 aromatic carbocycles. The average molecular weight is 414 g/mol. The minimum atomic E-state index is -4.50. The fraction of sp³-hybridized carbons (Fsp3) is 0.647. The van der Waals surface area contributed by atoms with E-state index in [1.165, 1.54) is 10.6 Å². The predicted molar refractivity (Wildman–Crippen MR) is 95.8 cm³/mol. The molecule has 0 saturated carbocycles. The molecule has 0 spiro atoms. The molecule has 9 nitrogen and oxygen atoms in total. The molecule has 0 amide bonds. The highest BCUT2D eigenvalue weighted by molar-refractivity contribution is 5.47. The van der Waals surface area contributed by atoms with Crippen LogP contribution in [0, 0.1) is 6.92 Å². The third kappa shape index (κ3) is 3.80. The Morgan fingerprint density at radius 2 is 2.07 bits per heavy atom. The summed E-state index contributed by atoms with van der Waals surface area (Å²) in [7, 11) is 0. The molecule has 2 aromatic heterocycles. The van der Waals surface area contributed by atoms with E-state index in [2.05, 4.69) is 15.1 Å². The summed E-state index contributed by atoms with van der Waals surface area (Å²) in [4.78, 5) is 24.1. The number of hydrogen-bond acceptors (Lipinski definition) is 8. The number of nitrogens with zero attached hydrogens (tertiary/aromatic N) is 6. The number of ether oxygens (including phenoxy) is 1. The number of halogens is 3. The van der Waals surface area contributed by atoms with Crippen LogP contribution in [0.15, 0.2) is 15.4 Å². The molecule has 12 heteroatoms. The highest BCUT2D eigenvalue weighted by Crippen LogP contribution is 2.35. The first kappa shape index (κ1) is 19.7. The van der Waals surface area contributed by atoms with Gasteiger partial charge in [-0.25, -0.2) is 0 Å². The zero-order valence-corrected chi connectivity index (χ0v) is 16.0. The van der Waals surface area contributed by atoms with Crippen molar-refractivity contribution in [3.05, 3.63) is 28.1 Å². The van der Waals surface area contributed by atoms with Crippen LogP contribution < -0.4 is 15.4 Å². The molecule has 2 aromatic rings. The fourth-order valence-corrected chi connectivity index (χ4v) is 3.74. The van der Waals surface area contributed by atoms with Crippen LogP contribution in [0.25, 0.3) is 0 Å². The SMILES string of the molecule is Cc1noc(CN2c3nc(N4CCOCC4C)cc(=O)n3CCC2C(F)(F)F)n1. The summed E-state index contributed by atoms with van der Waals surface area (Å²) < 4.78 is 53.0. The van der Waals surface area contributed by atoms with Crippen molar-refractivity contribution < 1.29 is 22.4 Å². The molecular formula is C17H21F3N6O3. The maximum absolute atomic E-state index is 13.8. The van der Waals surface area contributed by atoms with Gasteiger partial charge in [0, 0.05) is 19.2 Å². The van der Waals surface area contributed by atoms with Gasteiger partial charge in [-0.1, -0.05) is 5.16 Å². The predicted octanol–water partition coefficient (Wildman–Crippen LogP) is 1.50. The standard InChI is InChI=1S/C17H21F3N6O3/c1-10-9-28-6-5-24(10)13-7-15(27)25-4-3-12(17(18,19)20)26(16(25)22-13)8-14-21-11(2)23-29-14/h7,10,12H,3-6,8-9H2,1-2H3. The zero-order chi connectivity index (χ0) is 20.8. The molecule has 2 aliphatic rings. The molecular weight excluding hydrogens is 393 g/mol. The van der Waals surface area contributed by atoms with Gasteiger partial charge in [-0.05, 0) is 20.3 Å². The molecule has 1 saturated heterocycles. The van der Waals surface area contributed by atoms with Crippen LogP contribution in [-0.2, 0) is 17.8 Å². The molecule has 2 atom stereocenters. The number of aromatic nitrogens is 4. The topological polar surface area (TPSA) is 89.5 Å². The van der Waals surface area contributed by atoms with Crippen LogP contribution in [0.5, 0.6) is 0 Å². The smallest absolute Gasteiger partial charge is 0.377 e. The van der Waals surface area contributed by atoms with Crippen molar-refractivity contribution in [2.24, 2.45) is 0 Å². The van der Waals surface area contributed by atoms with E-state index in [0.717, 1.165) is 4.90 Å². The minimum Gasteiger partial charge on any atom is -0.377 e. The number of anilines is 2. The molecule has 4 heterocycles. The van der Waals surface area contributed by atoms with Crippen LogP contribution in [-0.4, -0.2) is 57.7 Å². The van der Waals surface area contributed by atoms with E-state index < -0.39 is 17.8 Å². The zero-order valence-electron chi connectivity index (χ0n) is 16.0. The second-order valence-electron chi connectivity index (χ2n) is 7.23. The first-order chi connectivity index (χ1) is 13.7. The highest BCUT2D eigenvalue weighted by atomic mass is 19.4. The Hall–Kier alpha value is -2.63. The van der Waals surface area contributed by atoms with Crippen molar-refractivity contribution in [1.29, 1.82) is 0 Å². The summed E-state index contributed by atoms with van der Waals surface area (Å²) in [5.41, 5.74) is -0.393. The summed E-state index contributed by atoms with van der Waals surface area (Å²) in [5, 5.41) is 3.64. The maximum Gasteiger partial charge on any atom is 0.408 e. The van der Waals surface area contributed by atoms with E-state index in [1.54, 1.807) is 6.92 Å². The Balaban J connectivity index is 1.78. The Bertz CT molecular complexity index is 943. The molecule has 4 rings (SSSR count). The van der Waals surface area contributed by atoms with Crippen LogP contribution in [0.2, 0.25) is 0 Å². The maximum atomic E-state index is 13.8. The lowest BCUT2D eigenvalue weighted by atomic mass is 10.1. The third-order valence-electron chi connectivity index (χ3n) is 5.15. The van der Waals surface area contributed by atoms with Gasteiger partial charge in [0.2, 0.25) is 11.8 Å². The molecule has 0 aliphatic carbocycles. The normalized spacial score (nSPS) is 22.7. The van der Waals surface area contributed by atoms with E-state index in [0.29, 0.717) is 31.4 Å². The van der Waals surface area contributed by atoms with E-state index >= 15 is 0 Å². The number of hydrogen-bond donors (Lipinski definition) is 0. The number of rotatable bonds is 3. The lowest BCUT2D eigenvalue weighted by molar-refractivity contribution is -0.153. The van der Waals surface area contributed by atoms with Crippen LogP contribution in [0.3, 0.4) is 0 Å². The van der Waals surface area contributed by atoms with Crippen LogP contribution >= 0.6 is 0 Å². The summed E-state index contributed by atoms with van der Waals surface area (Å²) in [6.45, 7) is 4.55. The summed E-state index contributed by atoms with van der Waals surface area (Å²) in [5.74, 6) is 0.647. The average Bonchev–Trinajstić information content (AvgIpc) is 3.06. The number of alkyl halides is 3. The van der Waals surface area contributed by atoms with Crippen molar-refractivity contribution in [2.45, 2.75) is 51.6 Å². The second-order valence-corrected chi connectivity index (χ2v) is 7.23. The Labute approximate surface area is 164 Å². The highest BCUT2D eigenvalue weighted by Gasteiger charge is 2.47. The summed E-state index contributed by atoms with van der Waals surface area (Å²) in [6.07, 6.45) is -4.77. The van der Waals surface area contributed by atoms with Gasteiger partial charge in [-0.15, -0.1) is 0 Å². The summed E-state index contributed by atoms with van der Waals surface area (Å²) in [6, 6.07) is -0.486. The van der Waals surface area contributed by atoms with Crippen LogP contribution in [0.4, 0.5) is 24.9 Å². The van der Waals surface area contributed by atoms with E-state index in [4.69, 9.17) is 9.26 Å². The van der Waals surface area contributed by atoms with Gasteiger partial charge < -0.3 is 19.1 Å². The molecule has 0 N–H and O–H groups in total. The van der Waals surface area contributed by atoms with E-state index in [1.807, 2.05) is 11.8 Å². The van der Waals surface area contributed by atoms with Crippen molar-refractivity contribution in [1.82, 2.24) is 19.7 Å². The lowest BCUT2D eigenvalue weighted by Gasteiger charge is -2.39.